The quantitative estimate of drug-likeness (QED) is 0.919. The number of aromatic nitrogens is 1. The van der Waals surface area contributed by atoms with Crippen molar-refractivity contribution in [2.45, 2.75) is 12.6 Å². The van der Waals surface area contributed by atoms with E-state index in [2.05, 4.69) is 10.3 Å². The van der Waals surface area contributed by atoms with E-state index in [-0.39, 0.29) is 24.2 Å². The monoisotopic (exact) mass is 340 g/mol. The summed E-state index contributed by atoms with van der Waals surface area (Å²) in [6.07, 6.45) is 1.45. The number of nitrogens with one attached hydrogen (secondary N) is 1. The van der Waals surface area contributed by atoms with Gasteiger partial charge in [0.05, 0.1) is 29.7 Å². The third-order valence-electron chi connectivity index (χ3n) is 3.68. The Morgan fingerprint density at radius 2 is 2.23 bits per heavy atom. The molecular formula is C15H17ClN2O3S. The molecule has 1 aliphatic heterocycles. The number of fused-ring (bicyclic) bond motifs is 1. The number of sulfone groups is 1. The largest absolute Gasteiger partial charge is 0.375 e. The van der Waals surface area contributed by atoms with Crippen molar-refractivity contribution in [3.05, 3.63) is 41.0 Å². The van der Waals surface area contributed by atoms with Crippen LogP contribution in [0.4, 0.5) is 0 Å². The molecule has 22 heavy (non-hydrogen) atoms. The van der Waals surface area contributed by atoms with Gasteiger partial charge in [-0.05, 0) is 23.8 Å². The molecule has 1 N–H and O–H groups in total. The molecule has 5 nitrogen and oxygen atoms in total. The average Bonchev–Trinajstić information content (AvgIpc) is 2.49. The molecule has 0 aliphatic carbocycles. The minimum Gasteiger partial charge on any atom is -0.375 e. The van der Waals surface area contributed by atoms with Crippen LogP contribution in [0.25, 0.3) is 10.9 Å². The normalized spacial score (nSPS) is 21.0. The van der Waals surface area contributed by atoms with E-state index in [0.717, 1.165) is 16.5 Å². The van der Waals surface area contributed by atoms with Crippen LogP contribution in [0.3, 0.4) is 0 Å². The van der Waals surface area contributed by atoms with Gasteiger partial charge in [0.25, 0.3) is 0 Å². The lowest BCUT2D eigenvalue weighted by Gasteiger charge is -2.23. The van der Waals surface area contributed by atoms with E-state index in [1.54, 1.807) is 6.20 Å². The van der Waals surface area contributed by atoms with Crippen molar-refractivity contribution >= 4 is 32.3 Å². The number of nitrogens with zero attached hydrogens (tertiary/aromatic N) is 1. The van der Waals surface area contributed by atoms with Crippen molar-refractivity contribution in [2.24, 2.45) is 0 Å². The molecule has 1 aliphatic rings. The van der Waals surface area contributed by atoms with Gasteiger partial charge in [0.1, 0.15) is 0 Å². The van der Waals surface area contributed by atoms with Crippen LogP contribution in [0.1, 0.15) is 5.56 Å². The molecule has 7 heteroatoms. The van der Waals surface area contributed by atoms with Crippen molar-refractivity contribution in [1.29, 1.82) is 0 Å². The van der Waals surface area contributed by atoms with E-state index >= 15 is 0 Å². The molecule has 1 aromatic carbocycles. The molecule has 2 heterocycles. The van der Waals surface area contributed by atoms with E-state index in [4.69, 9.17) is 16.3 Å². The van der Waals surface area contributed by atoms with E-state index in [0.29, 0.717) is 18.1 Å². The van der Waals surface area contributed by atoms with Gasteiger partial charge in [0, 0.05) is 29.7 Å². The van der Waals surface area contributed by atoms with Gasteiger partial charge in [-0.1, -0.05) is 17.7 Å². The standard InChI is InChI=1S/C15H17ClN2O3S/c16-14-4-3-11(15-13(14)2-1-5-18-15)8-17-9-12-10-22(19,20)7-6-21-12/h1-5,12,17H,6-10H2. The highest BCUT2D eigenvalue weighted by Crippen LogP contribution is 2.24. The molecule has 0 spiro atoms. The number of benzene rings is 1. The zero-order valence-corrected chi connectivity index (χ0v) is 13.5. The highest BCUT2D eigenvalue weighted by molar-refractivity contribution is 7.91. The van der Waals surface area contributed by atoms with Crippen molar-refractivity contribution in [3.63, 3.8) is 0 Å². The smallest absolute Gasteiger partial charge is 0.155 e. The highest BCUT2D eigenvalue weighted by Gasteiger charge is 2.24. The van der Waals surface area contributed by atoms with Gasteiger partial charge < -0.3 is 10.1 Å². The third-order valence-corrected chi connectivity index (χ3v) is 5.67. The van der Waals surface area contributed by atoms with E-state index < -0.39 is 9.84 Å². The Hall–Kier alpha value is -1.21. The first-order valence-electron chi connectivity index (χ1n) is 7.10. The van der Waals surface area contributed by atoms with Gasteiger partial charge in [-0.15, -0.1) is 0 Å². The summed E-state index contributed by atoms with van der Waals surface area (Å²) in [5.74, 6) is 0.203. The van der Waals surface area contributed by atoms with E-state index in [1.807, 2.05) is 24.3 Å². The lowest BCUT2D eigenvalue weighted by atomic mass is 10.1. The predicted molar refractivity (Wildman–Crippen MR) is 86.9 cm³/mol. The zero-order valence-electron chi connectivity index (χ0n) is 12.0. The molecule has 2 aromatic rings. The van der Waals surface area contributed by atoms with Gasteiger partial charge >= 0.3 is 0 Å². The van der Waals surface area contributed by atoms with Crippen LogP contribution in [0, 0.1) is 0 Å². The Morgan fingerprint density at radius 3 is 3.05 bits per heavy atom. The van der Waals surface area contributed by atoms with Gasteiger partial charge in [-0.2, -0.15) is 0 Å². The van der Waals surface area contributed by atoms with Crippen LogP contribution >= 0.6 is 11.6 Å². The first kappa shape index (κ1) is 15.7. The van der Waals surface area contributed by atoms with Gasteiger partial charge in [0.2, 0.25) is 0 Å². The Morgan fingerprint density at radius 1 is 1.36 bits per heavy atom. The summed E-state index contributed by atoms with van der Waals surface area (Å²) in [5, 5.41) is 4.84. The summed E-state index contributed by atoms with van der Waals surface area (Å²) in [5.41, 5.74) is 1.89. The molecule has 0 amide bonds. The lowest BCUT2D eigenvalue weighted by Crippen LogP contribution is -2.40. The molecule has 1 unspecified atom stereocenters. The summed E-state index contributed by atoms with van der Waals surface area (Å²) >= 11 is 6.17. The van der Waals surface area contributed by atoms with E-state index in [1.165, 1.54) is 0 Å². The molecule has 1 saturated heterocycles. The van der Waals surface area contributed by atoms with Crippen LogP contribution in [-0.2, 0) is 21.1 Å². The second-order valence-corrected chi connectivity index (χ2v) is 7.98. The SMILES string of the molecule is O=S1(=O)CCOC(CNCc2ccc(Cl)c3cccnc23)C1. The molecule has 0 bridgehead atoms. The van der Waals surface area contributed by atoms with Crippen molar-refractivity contribution in [3.8, 4) is 0 Å². The summed E-state index contributed by atoms with van der Waals surface area (Å²) < 4.78 is 28.6. The molecular weight excluding hydrogens is 324 g/mol. The molecule has 0 saturated carbocycles. The summed E-state index contributed by atoms with van der Waals surface area (Å²) in [6.45, 7) is 1.36. The van der Waals surface area contributed by atoms with Gasteiger partial charge in [-0.25, -0.2) is 8.42 Å². The molecule has 3 rings (SSSR count). The Balaban J connectivity index is 1.66. The van der Waals surface area contributed by atoms with Crippen molar-refractivity contribution in [1.82, 2.24) is 10.3 Å². The predicted octanol–water partition coefficient (Wildman–Crippen LogP) is 1.79. The fraction of sp³-hybridized carbons (Fsp3) is 0.400. The summed E-state index contributed by atoms with van der Waals surface area (Å²) in [6, 6.07) is 7.57. The minimum atomic E-state index is -2.96. The molecule has 1 atom stereocenters. The topological polar surface area (TPSA) is 68.3 Å². The highest BCUT2D eigenvalue weighted by atomic mass is 35.5. The Bertz CT molecular complexity index is 779. The molecule has 118 valence electrons. The number of ether oxygens (including phenoxy) is 1. The number of hydrogen-bond acceptors (Lipinski definition) is 5. The molecule has 0 radical (unpaired) electrons. The van der Waals surface area contributed by atoms with Crippen LogP contribution in [0.5, 0.6) is 0 Å². The van der Waals surface area contributed by atoms with Gasteiger partial charge in [0.15, 0.2) is 9.84 Å². The first-order valence-corrected chi connectivity index (χ1v) is 9.30. The van der Waals surface area contributed by atoms with Crippen LogP contribution < -0.4 is 5.32 Å². The van der Waals surface area contributed by atoms with Crippen LogP contribution in [-0.4, -0.2) is 44.2 Å². The second kappa shape index (κ2) is 6.50. The number of hydrogen-bond donors (Lipinski definition) is 1. The fourth-order valence-electron chi connectivity index (χ4n) is 2.58. The lowest BCUT2D eigenvalue weighted by molar-refractivity contribution is 0.0715. The Labute approximate surface area is 134 Å². The minimum absolute atomic E-state index is 0.0830. The summed E-state index contributed by atoms with van der Waals surface area (Å²) in [7, 11) is -2.96. The summed E-state index contributed by atoms with van der Waals surface area (Å²) in [4.78, 5) is 4.38. The Kier molecular flexibility index (Phi) is 4.63. The molecule has 1 aromatic heterocycles. The number of pyridine rings is 1. The number of rotatable bonds is 4. The fourth-order valence-corrected chi connectivity index (χ4v) is 4.09. The molecule has 1 fully saturated rings. The average molecular weight is 341 g/mol. The maximum atomic E-state index is 11.6. The van der Waals surface area contributed by atoms with Crippen molar-refractivity contribution in [2.75, 3.05) is 24.7 Å². The van der Waals surface area contributed by atoms with Crippen LogP contribution in [0.2, 0.25) is 5.02 Å². The maximum Gasteiger partial charge on any atom is 0.155 e. The maximum absolute atomic E-state index is 11.6. The van der Waals surface area contributed by atoms with Crippen molar-refractivity contribution < 1.29 is 13.2 Å². The number of halogens is 1. The zero-order chi connectivity index (χ0) is 15.6. The van der Waals surface area contributed by atoms with E-state index in [9.17, 15) is 8.42 Å². The van der Waals surface area contributed by atoms with Crippen LogP contribution in [0.15, 0.2) is 30.5 Å². The second-order valence-electron chi connectivity index (χ2n) is 5.34. The van der Waals surface area contributed by atoms with Gasteiger partial charge in [-0.3, -0.25) is 4.98 Å². The third kappa shape index (κ3) is 3.57. The first-order chi connectivity index (χ1) is 10.6.